The van der Waals surface area contributed by atoms with Crippen LogP contribution in [0.15, 0.2) is 30.3 Å². The molecule has 0 bridgehead atoms. The molecule has 1 heterocycles. The smallest absolute Gasteiger partial charge is 0.221 e. The van der Waals surface area contributed by atoms with Crippen molar-refractivity contribution in [3.8, 4) is 0 Å². The van der Waals surface area contributed by atoms with Crippen LogP contribution in [0.4, 0.5) is 0 Å². The van der Waals surface area contributed by atoms with Crippen molar-refractivity contribution in [3.63, 3.8) is 0 Å². The molecule has 1 amide bonds. The van der Waals surface area contributed by atoms with Crippen molar-refractivity contribution < 1.29 is 4.79 Å². The fourth-order valence-electron chi connectivity index (χ4n) is 1.82. The number of para-hydroxylation sites is 1. The van der Waals surface area contributed by atoms with Gasteiger partial charge in [0.1, 0.15) is 0 Å². The SMILES string of the molecule is CCc1cc(CC(N)=O)c2ccccc2n1. The molecule has 3 nitrogen and oxygen atoms in total. The maximum atomic E-state index is 11.0. The highest BCUT2D eigenvalue weighted by Crippen LogP contribution is 2.19. The molecule has 0 aliphatic heterocycles. The molecule has 0 saturated heterocycles. The van der Waals surface area contributed by atoms with Crippen LogP contribution in [0, 0.1) is 0 Å². The number of fused-ring (bicyclic) bond motifs is 1. The minimum Gasteiger partial charge on any atom is -0.369 e. The molecule has 16 heavy (non-hydrogen) atoms. The molecule has 2 N–H and O–H groups in total. The Balaban J connectivity index is 2.63. The van der Waals surface area contributed by atoms with E-state index in [9.17, 15) is 4.79 Å². The van der Waals surface area contributed by atoms with Gasteiger partial charge in [-0.15, -0.1) is 0 Å². The molecule has 2 rings (SSSR count). The van der Waals surface area contributed by atoms with Crippen LogP contribution in [0.2, 0.25) is 0 Å². The summed E-state index contributed by atoms with van der Waals surface area (Å²) < 4.78 is 0. The normalized spacial score (nSPS) is 10.6. The maximum absolute atomic E-state index is 11.0. The van der Waals surface area contributed by atoms with E-state index in [-0.39, 0.29) is 12.3 Å². The molecule has 82 valence electrons. The lowest BCUT2D eigenvalue weighted by atomic mass is 10.0. The number of nitrogens with zero attached hydrogens (tertiary/aromatic N) is 1. The van der Waals surface area contributed by atoms with Gasteiger partial charge in [0.05, 0.1) is 11.9 Å². The maximum Gasteiger partial charge on any atom is 0.221 e. The van der Waals surface area contributed by atoms with Crippen molar-refractivity contribution in [1.29, 1.82) is 0 Å². The molecular formula is C13H14N2O. The first kappa shape index (κ1) is 10.6. The third-order valence-corrected chi connectivity index (χ3v) is 2.58. The zero-order valence-electron chi connectivity index (χ0n) is 9.23. The Hall–Kier alpha value is -1.90. The zero-order chi connectivity index (χ0) is 11.5. The van der Waals surface area contributed by atoms with Gasteiger partial charge in [-0.25, -0.2) is 0 Å². The molecular weight excluding hydrogens is 200 g/mol. The number of aromatic nitrogens is 1. The van der Waals surface area contributed by atoms with E-state index in [0.29, 0.717) is 0 Å². The number of carbonyl (C=O) groups excluding carboxylic acids is 1. The Bertz CT molecular complexity index is 534. The van der Waals surface area contributed by atoms with Crippen molar-refractivity contribution >= 4 is 16.8 Å². The van der Waals surface area contributed by atoms with Gasteiger partial charge in [-0.05, 0) is 24.1 Å². The molecule has 1 aromatic carbocycles. The van der Waals surface area contributed by atoms with E-state index in [0.717, 1.165) is 28.6 Å². The van der Waals surface area contributed by atoms with Crippen LogP contribution in [0.5, 0.6) is 0 Å². The van der Waals surface area contributed by atoms with Gasteiger partial charge in [-0.1, -0.05) is 25.1 Å². The average molecular weight is 214 g/mol. The van der Waals surface area contributed by atoms with E-state index >= 15 is 0 Å². The van der Waals surface area contributed by atoms with Gasteiger partial charge in [0, 0.05) is 11.1 Å². The summed E-state index contributed by atoms with van der Waals surface area (Å²) in [5.74, 6) is -0.307. The lowest BCUT2D eigenvalue weighted by Crippen LogP contribution is -2.14. The molecule has 0 unspecified atom stereocenters. The van der Waals surface area contributed by atoms with E-state index in [2.05, 4.69) is 4.98 Å². The summed E-state index contributed by atoms with van der Waals surface area (Å²) in [5.41, 5.74) is 8.14. The van der Waals surface area contributed by atoms with Crippen LogP contribution in [-0.4, -0.2) is 10.9 Å². The van der Waals surface area contributed by atoms with Gasteiger partial charge in [0.15, 0.2) is 0 Å². The van der Waals surface area contributed by atoms with Crippen molar-refractivity contribution in [2.75, 3.05) is 0 Å². The van der Waals surface area contributed by atoms with Crippen molar-refractivity contribution in [2.45, 2.75) is 19.8 Å². The standard InChI is InChI=1S/C13H14N2O/c1-2-10-7-9(8-13(14)16)11-5-3-4-6-12(11)15-10/h3-7H,2,8H2,1H3,(H2,14,16). The number of nitrogens with two attached hydrogens (primary N) is 1. The zero-order valence-corrected chi connectivity index (χ0v) is 9.23. The second kappa shape index (κ2) is 4.31. The van der Waals surface area contributed by atoms with Crippen molar-refractivity contribution in [3.05, 3.63) is 41.6 Å². The van der Waals surface area contributed by atoms with Crippen LogP contribution >= 0.6 is 0 Å². The lowest BCUT2D eigenvalue weighted by molar-refractivity contribution is -0.117. The number of hydrogen-bond acceptors (Lipinski definition) is 2. The monoisotopic (exact) mass is 214 g/mol. The first-order chi connectivity index (χ1) is 7.70. The van der Waals surface area contributed by atoms with Crippen LogP contribution in [0.3, 0.4) is 0 Å². The Morgan fingerprint density at radius 2 is 2.12 bits per heavy atom. The molecule has 2 aromatic rings. The summed E-state index contributed by atoms with van der Waals surface area (Å²) in [7, 11) is 0. The van der Waals surface area contributed by atoms with E-state index in [1.165, 1.54) is 0 Å². The lowest BCUT2D eigenvalue weighted by Gasteiger charge is -2.06. The van der Waals surface area contributed by atoms with E-state index < -0.39 is 0 Å². The van der Waals surface area contributed by atoms with Crippen LogP contribution in [0.1, 0.15) is 18.2 Å². The molecule has 0 atom stereocenters. The molecule has 0 spiro atoms. The summed E-state index contributed by atoms with van der Waals surface area (Å²) in [5, 5.41) is 1.01. The third-order valence-electron chi connectivity index (χ3n) is 2.58. The first-order valence-electron chi connectivity index (χ1n) is 5.36. The quantitative estimate of drug-likeness (QED) is 0.847. The molecule has 3 heteroatoms. The highest BCUT2D eigenvalue weighted by molar-refractivity contribution is 5.87. The minimum atomic E-state index is -0.307. The van der Waals surface area contributed by atoms with E-state index in [4.69, 9.17) is 5.73 Å². The Morgan fingerprint density at radius 1 is 1.38 bits per heavy atom. The molecule has 0 aliphatic rings. The predicted octanol–water partition coefficient (Wildman–Crippen LogP) is 1.82. The van der Waals surface area contributed by atoms with Crippen LogP contribution < -0.4 is 5.73 Å². The number of amides is 1. The van der Waals surface area contributed by atoms with Gasteiger partial charge >= 0.3 is 0 Å². The minimum absolute atomic E-state index is 0.274. The highest BCUT2D eigenvalue weighted by atomic mass is 16.1. The second-order valence-corrected chi connectivity index (χ2v) is 3.79. The van der Waals surface area contributed by atoms with E-state index in [1.54, 1.807) is 0 Å². The number of hydrogen-bond donors (Lipinski definition) is 1. The Labute approximate surface area is 94.3 Å². The van der Waals surface area contributed by atoms with E-state index in [1.807, 2.05) is 37.3 Å². The number of benzene rings is 1. The largest absolute Gasteiger partial charge is 0.369 e. The number of primary amides is 1. The summed E-state index contributed by atoms with van der Waals surface area (Å²) in [4.78, 5) is 15.5. The number of rotatable bonds is 3. The summed E-state index contributed by atoms with van der Waals surface area (Å²) >= 11 is 0. The Morgan fingerprint density at radius 3 is 2.81 bits per heavy atom. The number of carbonyl (C=O) groups is 1. The fourth-order valence-corrected chi connectivity index (χ4v) is 1.82. The third kappa shape index (κ3) is 2.03. The topological polar surface area (TPSA) is 56.0 Å². The molecule has 0 saturated carbocycles. The molecule has 0 aliphatic carbocycles. The molecule has 0 radical (unpaired) electrons. The predicted molar refractivity (Wildman–Crippen MR) is 64.0 cm³/mol. The van der Waals surface area contributed by atoms with Crippen LogP contribution in [0.25, 0.3) is 10.9 Å². The fraction of sp³-hybridized carbons (Fsp3) is 0.231. The highest BCUT2D eigenvalue weighted by Gasteiger charge is 2.06. The van der Waals surface area contributed by atoms with Gasteiger partial charge in [-0.2, -0.15) is 0 Å². The van der Waals surface area contributed by atoms with Crippen molar-refractivity contribution in [2.24, 2.45) is 5.73 Å². The second-order valence-electron chi connectivity index (χ2n) is 3.79. The summed E-state index contributed by atoms with van der Waals surface area (Å²) in [6.07, 6.45) is 1.13. The van der Waals surface area contributed by atoms with Gasteiger partial charge in [-0.3, -0.25) is 9.78 Å². The van der Waals surface area contributed by atoms with Gasteiger partial charge < -0.3 is 5.73 Å². The number of aryl methyl sites for hydroxylation is 1. The summed E-state index contributed by atoms with van der Waals surface area (Å²) in [6.45, 7) is 2.05. The molecule has 0 fully saturated rings. The average Bonchev–Trinajstić information content (AvgIpc) is 2.28. The summed E-state index contributed by atoms with van der Waals surface area (Å²) in [6, 6.07) is 9.79. The van der Waals surface area contributed by atoms with Gasteiger partial charge in [0.25, 0.3) is 0 Å². The van der Waals surface area contributed by atoms with Crippen molar-refractivity contribution in [1.82, 2.24) is 4.98 Å². The van der Waals surface area contributed by atoms with Gasteiger partial charge in [0.2, 0.25) is 5.91 Å². The Kier molecular flexibility index (Phi) is 2.86. The number of pyridine rings is 1. The van der Waals surface area contributed by atoms with Crippen LogP contribution in [-0.2, 0) is 17.6 Å². The molecule has 1 aromatic heterocycles. The first-order valence-corrected chi connectivity index (χ1v) is 5.36.